The van der Waals surface area contributed by atoms with Crippen LogP contribution in [0.15, 0.2) is 0 Å². The fourth-order valence-corrected chi connectivity index (χ4v) is 0.150. The molecule has 0 aliphatic rings. The van der Waals surface area contributed by atoms with Crippen molar-refractivity contribution in [2.45, 2.75) is 11.5 Å². The van der Waals surface area contributed by atoms with Crippen molar-refractivity contribution in [3.05, 3.63) is 0 Å². The lowest BCUT2D eigenvalue weighted by Crippen LogP contribution is -2.59. The normalized spacial score (nSPS) is 13.9. The van der Waals surface area contributed by atoms with Gasteiger partial charge in [-0.05, 0) is 0 Å². The molecule has 0 bridgehead atoms. The molecule has 6 heteroatoms. The molecule has 5 nitrogen and oxygen atoms in total. The molecule has 0 rings (SSSR count). The van der Waals surface area contributed by atoms with Crippen molar-refractivity contribution >= 4 is 7.85 Å². The smallest absolute Gasteiger partial charge is 0.220 e. The molecule has 0 fully saturated rings. The molecule has 0 aromatic rings. The quantitative estimate of drug-likeness (QED) is 0.198. The number of aliphatic hydroxyl groups is 4. The summed E-state index contributed by atoms with van der Waals surface area (Å²) in [5.41, 5.74) is 1.62. The number of hydrogen-bond donors (Lipinski definition) is 5. The molecule has 0 amide bonds. The fourth-order valence-electron chi connectivity index (χ4n) is 0.150. The van der Waals surface area contributed by atoms with Crippen molar-refractivity contribution in [1.29, 1.82) is 0 Å². The molecule has 0 aromatic heterocycles. The predicted octanol–water partition coefficient (Wildman–Crippen LogP) is -3.57. The van der Waals surface area contributed by atoms with Gasteiger partial charge in [0.2, 0.25) is 5.79 Å². The van der Waals surface area contributed by atoms with E-state index in [0.29, 0.717) is 0 Å². The van der Waals surface area contributed by atoms with Gasteiger partial charge in [0.25, 0.3) is 0 Å². The molecule has 0 aliphatic heterocycles. The van der Waals surface area contributed by atoms with Gasteiger partial charge in [-0.15, -0.1) is 0 Å². The summed E-state index contributed by atoms with van der Waals surface area (Å²) in [7, 11) is 4.45. The first kappa shape index (κ1) is 8.86. The molecule has 0 saturated heterocycles. The van der Waals surface area contributed by atoms with Gasteiger partial charge in [-0.3, -0.25) is 0 Å². The average Bonchev–Trinajstić information content (AvgIpc) is 1.64. The van der Waals surface area contributed by atoms with Crippen LogP contribution < -0.4 is 5.73 Å². The highest BCUT2D eigenvalue weighted by molar-refractivity contribution is 6.13. The summed E-state index contributed by atoms with van der Waals surface area (Å²) in [5, 5.41) is 33.5. The molecule has 0 atom stereocenters. The minimum Gasteiger partial charge on any atom is -0.370 e. The maximum Gasteiger partial charge on any atom is 0.220 e. The SMILES string of the molecule is [B]C(O)(O)C(O)(O)CN. The minimum atomic E-state index is -3.07. The lowest BCUT2D eigenvalue weighted by atomic mass is 9.86. The molecule has 9 heavy (non-hydrogen) atoms. The van der Waals surface area contributed by atoms with E-state index in [9.17, 15) is 0 Å². The van der Waals surface area contributed by atoms with E-state index in [4.69, 9.17) is 26.2 Å². The Hall–Kier alpha value is -0.135. The molecular weight excluding hydrogens is 125 g/mol. The zero-order chi connectivity index (χ0) is 7.71. The maximum atomic E-state index is 8.47. The van der Waals surface area contributed by atoms with E-state index in [1.165, 1.54) is 0 Å². The molecule has 0 aromatic carbocycles. The Balaban J connectivity index is 4.14. The van der Waals surface area contributed by atoms with Crippen LogP contribution in [0.4, 0.5) is 0 Å². The summed E-state index contributed by atoms with van der Waals surface area (Å²) < 4.78 is 0. The third kappa shape index (κ3) is 1.92. The second kappa shape index (κ2) is 2.24. The Morgan fingerprint density at radius 3 is 1.56 bits per heavy atom. The maximum absolute atomic E-state index is 8.47. The van der Waals surface area contributed by atoms with Gasteiger partial charge in [-0.25, -0.2) is 0 Å². The summed E-state index contributed by atoms with van der Waals surface area (Å²) >= 11 is 0. The van der Waals surface area contributed by atoms with Crippen LogP contribution in [0.1, 0.15) is 0 Å². The summed E-state index contributed by atoms with van der Waals surface area (Å²) in [5.74, 6) is -2.85. The van der Waals surface area contributed by atoms with E-state index in [1.807, 2.05) is 0 Å². The second-order valence-corrected chi connectivity index (χ2v) is 1.75. The van der Waals surface area contributed by atoms with Crippen molar-refractivity contribution in [1.82, 2.24) is 0 Å². The Morgan fingerprint density at radius 2 is 1.56 bits per heavy atom. The number of rotatable bonds is 2. The molecule has 6 N–H and O–H groups in total. The van der Waals surface area contributed by atoms with E-state index in [2.05, 4.69) is 7.85 Å². The fraction of sp³-hybridized carbons (Fsp3) is 1.00. The summed E-state index contributed by atoms with van der Waals surface area (Å²) in [6.07, 6.45) is 0. The zero-order valence-corrected chi connectivity index (χ0v) is 4.65. The highest BCUT2D eigenvalue weighted by atomic mass is 16.6. The van der Waals surface area contributed by atoms with E-state index in [1.54, 1.807) is 0 Å². The summed E-state index contributed by atoms with van der Waals surface area (Å²) in [6, 6.07) is 0. The van der Waals surface area contributed by atoms with Gasteiger partial charge in [0, 0.05) is 0 Å². The topological polar surface area (TPSA) is 107 Å². The number of hydrogen-bond acceptors (Lipinski definition) is 5. The van der Waals surface area contributed by atoms with Crippen molar-refractivity contribution in [2.75, 3.05) is 6.54 Å². The first-order chi connectivity index (χ1) is 3.81. The van der Waals surface area contributed by atoms with Crippen LogP contribution in [-0.2, 0) is 0 Å². The van der Waals surface area contributed by atoms with E-state index >= 15 is 0 Å². The average molecular weight is 133 g/mol. The summed E-state index contributed by atoms with van der Waals surface area (Å²) in [6.45, 7) is -0.753. The molecule has 2 radical (unpaired) electrons. The first-order valence-electron chi connectivity index (χ1n) is 2.19. The van der Waals surface area contributed by atoms with Crippen LogP contribution >= 0.6 is 0 Å². The molecule has 0 aliphatic carbocycles. The van der Waals surface area contributed by atoms with Crippen LogP contribution in [-0.4, -0.2) is 46.3 Å². The van der Waals surface area contributed by atoms with Crippen LogP contribution in [0, 0.1) is 0 Å². The molecule has 0 saturated carbocycles. The Kier molecular flexibility index (Phi) is 2.21. The van der Waals surface area contributed by atoms with E-state index in [-0.39, 0.29) is 0 Å². The van der Waals surface area contributed by atoms with Crippen LogP contribution in [0.25, 0.3) is 0 Å². The van der Waals surface area contributed by atoms with Crippen molar-refractivity contribution in [2.24, 2.45) is 5.73 Å². The van der Waals surface area contributed by atoms with Crippen molar-refractivity contribution in [3.8, 4) is 0 Å². The highest BCUT2D eigenvalue weighted by Crippen LogP contribution is 2.10. The standard InChI is InChI=1S/C3H8BNO4/c4-3(8,9)2(6,7)1-5/h6-9H,1,5H2. The van der Waals surface area contributed by atoms with Gasteiger partial charge in [0.1, 0.15) is 0 Å². The molecular formula is C3H8BNO4. The van der Waals surface area contributed by atoms with Crippen LogP contribution in [0.2, 0.25) is 0 Å². The lowest BCUT2D eigenvalue weighted by Gasteiger charge is -2.31. The first-order valence-corrected chi connectivity index (χ1v) is 2.19. The second-order valence-electron chi connectivity index (χ2n) is 1.75. The zero-order valence-electron chi connectivity index (χ0n) is 4.65. The minimum absolute atomic E-state index is 0.753. The number of nitrogens with two attached hydrogens (primary N) is 1. The third-order valence-corrected chi connectivity index (χ3v) is 0.874. The van der Waals surface area contributed by atoms with Gasteiger partial charge in [-0.2, -0.15) is 0 Å². The van der Waals surface area contributed by atoms with Crippen molar-refractivity contribution < 1.29 is 20.4 Å². The van der Waals surface area contributed by atoms with Gasteiger partial charge in [-0.1, -0.05) is 0 Å². The van der Waals surface area contributed by atoms with Gasteiger partial charge >= 0.3 is 0 Å². The summed E-state index contributed by atoms with van der Waals surface area (Å²) in [4.78, 5) is 0. The van der Waals surface area contributed by atoms with Gasteiger partial charge in [0.15, 0.2) is 13.5 Å². The molecule has 0 heterocycles. The van der Waals surface area contributed by atoms with E-state index < -0.39 is 18.0 Å². The Bertz CT molecular complexity index is 98.5. The molecule has 0 spiro atoms. The monoisotopic (exact) mass is 133 g/mol. The van der Waals surface area contributed by atoms with Crippen LogP contribution in [0.3, 0.4) is 0 Å². The third-order valence-electron chi connectivity index (χ3n) is 0.874. The van der Waals surface area contributed by atoms with Gasteiger partial charge < -0.3 is 26.2 Å². The predicted molar refractivity (Wildman–Crippen MR) is 29.1 cm³/mol. The highest BCUT2D eigenvalue weighted by Gasteiger charge is 2.40. The lowest BCUT2D eigenvalue weighted by molar-refractivity contribution is -0.308. The van der Waals surface area contributed by atoms with Crippen molar-refractivity contribution in [3.63, 3.8) is 0 Å². The Labute approximate surface area is 53.1 Å². The van der Waals surface area contributed by atoms with Crippen LogP contribution in [0.5, 0.6) is 0 Å². The largest absolute Gasteiger partial charge is 0.370 e. The Morgan fingerprint density at radius 1 is 1.22 bits per heavy atom. The van der Waals surface area contributed by atoms with Gasteiger partial charge in [0.05, 0.1) is 6.54 Å². The molecule has 0 unspecified atom stereocenters. The molecule has 52 valence electrons. The van der Waals surface area contributed by atoms with E-state index in [0.717, 1.165) is 0 Å².